The molecule has 0 aliphatic carbocycles. The van der Waals surface area contributed by atoms with E-state index in [0.717, 1.165) is 5.56 Å². The molecule has 0 bridgehead atoms. The SMILES string of the molecule is CONc1cc(C(C)(C)C)cc(NS(=O)(=O)C(C)C)c1OC. The van der Waals surface area contributed by atoms with E-state index in [1.165, 1.54) is 14.2 Å². The molecule has 0 fully saturated rings. The van der Waals surface area contributed by atoms with Crippen LogP contribution in [0.4, 0.5) is 11.4 Å². The second-order valence-corrected chi connectivity index (χ2v) is 8.59. The fourth-order valence-electron chi connectivity index (χ4n) is 1.81. The first-order chi connectivity index (χ1) is 10.0. The monoisotopic (exact) mass is 330 g/mol. The number of sulfonamides is 1. The van der Waals surface area contributed by atoms with Crippen LogP contribution in [0.15, 0.2) is 12.1 Å². The second kappa shape index (κ2) is 6.75. The predicted octanol–water partition coefficient (Wildman–Crippen LogP) is 3.12. The first kappa shape index (κ1) is 18.6. The highest BCUT2D eigenvalue weighted by Crippen LogP contribution is 2.39. The summed E-state index contributed by atoms with van der Waals surface area (Å²) in [6, 6.07) is 3.68. The third kappa shape index (κ3) is 4.27. The Morgan fingerprint density at radius 1 is 1.09 bits per heavy atom. The van der Waals surface area contributed by atoms with E-state index in [1.807, 2.05) is 26.8 Å². The van der Waals surface area contributed by atoms with E-state index in [-0.39, 0.29) is 5.41 Å². The van der Waals surface area contributed by atoms with Gasteiger partial charge >= 0.3 is 0 Å². The smallest absolute Gasteiger partial charge is 0.235 e. The standard InChI is InChI=1S/C15H26N2O4S/c1-10(2)22(18,19)17-13-9-11(15(3,4)5)8-12(16-21-7)14(13)20-6/h8-10,16-17H,1-7H3. The predicted molar refractivity (Wildman–Crippen MR) is 90.0 cm³/mol. The fraction of sp³-hybridized carbons (Fsp3) is 0.600. The molecule has 0 saturated carbocycles. The molecule has 0 heterocycles. The largest absolute Gasteiger partial charge is 0.492 e. The lowest BCUT2D eigenvalue weighted by molar-refractivity contribution is 0.268. The number of hydrogen-bond acceptors (Lipinski definition) is 5. The highest BCUT2D eigenvalue weighted by Gasteiger charge is 2.23. The van der Waals surface area contributed by atoms with E-state index in [9.17, 15) is 8.42 Å². The summed E-state index contributed by atoms with van der Waals surface area (Å²) in [5.41, 5.74) is 4.49. The molecule has 2 N–H and O–H groups in total. The van der Waals surface area contributed by atoms with Gasteiger partial charge in [0.25, 0.3) is 0 Å². The molecular formula is C15H26N2O4S. The molecule has 1 rings (SSSR count). The maximum atomic E-state index is 12.2. The summed E-state index contributed by atoms with van der Waals surface area (Å²) in [6.07, 6.45) is 0. The molecular weight excluding hydrogens is 304 g/mol. The third-order valence-corrected chi connectivity index (χ3v) is 4.99. The highest BCUT2D eigenvalue weighted by atomic mass is 32.2. The van der Waals surface area contributed by atoms with Gasteiger partial charge in [-0.25, -0.2) is 8.42 Å². The van der Waals surface area contributed by atoms with Crippen LogP contribution in [0.3, 0.4) is 0 Å². The molecule has 6 nitrogen and oxygen atoms in total. The maximum absolute atomic E-state index is 12.2. The van der Waals surface area contributed by atoms with Crippen molar-refractivity contribution in [2.45, 2.75) is 45.3 Å². The van der Waals surface area contributed by atoms with Crippen molar-refractivity contribution in [2.75, 3.05) is 24.4 Å². The molecule has 0 radical (unpaired) electrons. The van der Waals surface area contributed by atoms with Gasteiger partial charge in [-0.1, -0.05) is 20.8 Å². The van der Waals surface area contributed by atoms with Gasteiger partial charge in [0.1, 0.15) is 5.69 Å². The zero-order valence-corrected chi connectivity index (χ0v) is 15.1. The van der Waals surface area contributed by atoms with Gasteiger partial charge in [-0.3, -0.25) is 15.0 Å². The van der Waals surface area contributed by atoms with Crippen molar-refractivity contribution in [2.24, 2.45) is 0 Å². The summed E-state index contributed by atoms with van der Waals surface area (Å²) in [7, 11) is -0.503. The minimum Gasteiger partial charge on any atom is -0.492 e. The Bertz CT molecular complexity index is 619. The van der Waals surface area contributed by atoms with Crippen molar-refractivity contribution in [3.05, 3.63) is 17.7 Å². The van der Waals surface area contributed by atoms with Gasteiger partial charge in [-0.15, -0.1) is 0 Å². The van der Waals surface area contributed by atoms with Gasteiger partial charge in [-0.05, 0) is 37.0 Å². The number of nitrogens with one attached hydrogen (secondary N) is 2. The number of anilines is 2. The van der Waals surface area contributed by atoms with Crippen LogP contribution in [0.1, 0.15) is 40.2 Å². The maximum Gasteiger partial charge on any atom is 0.235 e. The van der Waals surface area contributed by atoms with Gasteiger partial charge < -0.3 is 4.74 Å². The molecule has 7 heteroatoms. The van der Waals surface area contributed by atoms with Gasteiger partial charge in [0, 0.05) is 0 Å². The number of rotatable bonds is 6. The third-order valence-electron chi connectivity index (χ3n) is 3.24. The lowest BCUT2D eigenvalue weighted by atomic mass is 9.86. The molecule has 1 aromatic rings. The van der Waals surface area contributed by atoms with Crippen LogP contribution in [0, 0.1) is 0 Å². The molecule has 22 heavy (non-hydrogen) atoms. The minimum absolute atomic E-state index is 0.158. The van der Waals surface area contributed by atoms with Gasteiger partial charge in [-0.2, -0.15) is 0 Å². The normalized spacial score (nSPS) is 12.4. The fourth-order valence-corrected chi connectivity index (χ4v) is 2.51. The van der Waals surface area contributed by atoms with Crippen LogP contribution in [-0.4, -0.2) is 27.9 Å². The Morgan fingerprint density at radius 2 is 1.64 bits per heavy atom. The molecule has 0 spiro atoms. The summed E-state index contributed by atoms with van der Waals surface area (Å²) in [4.78, 5) is 4.96. The summed E-state index contributed by atoms with van der Waals surface area (Å²) in [5.74, 6) is 0.388. The van der Waals surface area contributed by atoms with Crippen LogP contribution in [0.2, 0.25) is 0 Å². The molecule has 0 atom stereocenters. The number of ether oxygens (including phenoxy) is 1. The number of benzene rings is 1. The van der Waals surface area contributed by atoms with Crippen molar-refractivity contribution in [1.82, 2.24) is 0 Å². The molecule has 0 amide bonds. The lowest BCUT2D eigenvalue weighted by Gasteiger charge is -2.24. The van der Waals surface area contributed by atoms with Gasteiger partial charge in [0.15, 0.2) is 5.75 Å². The number of methoxy groups -OCH3 is 1. The van der Waals surface area contributed by atoms with E-state index in [1.54, 1.807) is 19.9 Å². The Morgan fingerprint density at radius 3 is 2.05 bits per heavy atom. The van der Waals surface area contributed by atoms with E-state index < -0.39 is 15.3 Å². The minimum atomic E-state index is -3.48. The second-order valence-electron chi connectivity index (χ2n) is 6.36. The molecule has 0 unspecified atom stereocenters. The highest BCUT2D eigenvalue weighted by molar-refractivity contribution is 7.93. The quantitative estimate of drug-likeness (QED) is 0.784. The molecule has 1 aromatic carbocycles. The van der Waals surface area contributed by atoms with Crippen molar-refractivity contribution in [3.8, 4) is 5.75 Å². The molecule has 0 saturated heterocycles. The summed E-state index contributed by atoms with van der Waals surface area (Å²) < 4.78 is 32.3. The Kier molecular flexibility index (Phi) is 5.70. The van der Waals surface area contributed by atoms with Crippen LogP contribution < -0.4 is 14.9 Å². The van der Waals surface area contributed by atoms with Gasteiger partial charge in [0.2, 0.25) is 10.0 Å². The first-order valence-electron chi connectivity index (χ1n) is 7.06. The Balaban J connectivity index is 3.49. The van der Waals surface area contributed by atoms with Crippen LogP contribution in [0.5, 0.6) is 5.75 Å². The van der Waals surface area contributed by atoms with E-state index in [2.05, 4.69) is 10.2 Å². The molecule has 0 aromatic heterocycles. The summed E-state index contributed by atoms with van der Waals surface area (Å²) >= 11 is 0. The molecule has 126 valence electrons. The zero-order valence-electron chi connectivity index (χ0n) is 14.3. The average Bonchev–Trinajstić information content (AvgIpc) is 2.37. The molecule has 0 aliphatic rings. The summed E-state index contributed by atoms with van der Waals surface area (Å²) in [6.45, 7) is 9.39. The van der Waals surface area contributed by atoms with E-state index in [0.29, 0.717) is 17.1 Å². The van der Waals surface area contributed by atoms with E-state index in [4.69, 9.17) is 9.57 Å². The van der Waals surface area contributed by atoms with Crippen LogP contribution in [0.25, 0.3) is 0 Å². The lowest BCUT2D eigenvalue weighted by Crippen LogP contribution is -2.23. The zero-order chi connectivity index (χ0) is 17.1. The Labute approximate surface area is 133 Å². The van der Waals surface area contributed by atoms with Crippen molar-refractivity contribution >= 4 is 21.4 Å². The summed E-state index contributed by atoms with van der Waals surface area (Å²) in [5, 5.41) is -0.547. The van der Waals surface area contributed by atoms with Crippen molar-refractivity contribution in [3.63, 3.8) is 0 Å². The average molecular weight is 330 g/mol. The topological polar surface area (TPSA) is 76.7 Å². The van der Waals surface area contributed by atoms with Crippen LogP contribution >= 0.6 is 0 Å². The van der Waals surface area contributed by atoms with Crippen molar-refractivity contribution < 1.29 is 18.0 Å². The number of hydrogen-bond donors (Lipinski definition) is 2. The Hall–Kier alpha value is -1.47. The van der Waals surface area contributed by atoms with Gasteiger partial charge in [0.05, 0.1) is 25.2 Å². The first-order valence-corrected chi connectivity index (χ1v) is 8.60. The van der Waals surface area contributed by atoms with Crippen molar-refractivity contribution in [1.29, 1.82) is 0 Å². The van der Waals surface area contributed by atoms with E-state index >= 15 is 0 Å². The van der Waals surface area contributed by atoms with Crippen LogP contribution in [-0.2, 0) is 20.3 Å². The molecule has 0 aliphatic heterocycles.